The second kappa shape index (κ2) is 5.35. The van der Waals surface area contributed by atoms with Crippen LogP contribution in [0.25, 0.3) is 11.2 Å². The van der Waals surface area contributed by atoms with E-state index in [1.165, 1.54) is 0 Å². The number of nitrogens with zero attached hydrogens (tertiary/aromatic N) is 3. The van der Waals surface area contributed by atoms with Crippen molar-refractivity contribution in [2.75, 3.05) is 6.61 Å². The standard InChI is InChI=1S/C12H14ClN3O2/c1-3-18-10(17)7-16-9(6-13)15-11-8(2)4-5-14-12(11)16/h4-5H,3,6-7H2,1-2H3. The summed E-state index contributed by atoms with van der Waals surface area (Å²) in [5.74, 6) is 0.544. The highest BCUT2D eigenvalue weighted by atomic mass is 35.5. The van der Waals surface area contributed by atoms with Gasteiger partial charge in [0, 0.05) is 6.20 Å². The molecule has 0 atom stereocenters. The van der Waals surface area contributed by atoms with Gasteiger partial charge in [-0.3, -0.25) is 4.79 Å². The minimum absolute atomic E-state index is 0.0862. The predicted molar refractivity (Wildman–Crippen MR) is 68.5 cm³/mol. The Hall–Kier alpha value is -1.62. The number of hydrogen-bond acceptors (Lipinski definition) is 4. The molecule has 2 heterocycles. The Labute approximate surface area is 110 Å². The minimum atomic E-state index is -0.313. The fourth-order valence-corrected chi connectivity index (χ4v) is 1.99. The van der Waals surface area contributed by atoms with Crippen LogP contribution in [0.15, 0.2) is 12.3 Å². The maximum atomic E-state index is 11.6. The van der Waals surface area contributed by atoms with Gasteiger partial charge in [0.15, 0.2) is 5.65 Å². The molecule has 0 aliphatic heterocycles. The number of halogens is 1. The van der Waals surface area contributed by atoms with Crippen LogP contribution < -0.4 is 0 Å². The smallest absolute Gasteiger partial charge is 0.326 e. The van der Waals surface area contributed by atoms with Crippen molar-refractivity contribution in [3.63, 3.8) is 0 Å². The van der Waals surface area contributed by atoms with Crippen molar-refractivity contribution in [3.05, 3.63) is 23.7 Å². The first kappa shape index (κ1) is 12.8. The van der Waals surface area contributed by atoms with Crippen molar-refractivity contribution in [3.8, 4) is 0 Å². The van der Waals surface area contributed by atoms with Crippen LogP contribution in [0, 0.1) is 6.92 Å². The van der Waals surface area contributed by atoms with Gasteiger partial charge in [0.1, 0.15) is 17.9 Å². The lowest BCUT2D eigenvalue weighted by Crippen LogP contribution is -2.15. The number of alkyl halides is 1. The summed E-state index contributed by atoms with van der Waals surface area (Å²) in [6.07, 6.45) is 1.69. The van der Waals surface area contributed by atoms with Gasteiger partial charge in [-0.1, -0.05) is 0 Å². The van der Waals surface area contributed by atoms with E-state index in [9.17, 15) is 4.79 Å². The molecule has 5 nitrogen and oxygen atoms in total. The van der Waals surface area contributed by atoms with Crippen LogP contribution in [0.1, 0.15) is 18.3 Å². The highest BCUT2D eigenvalue weighted by Gasteiger charge is 2.15. The minimum Gasteiger partial charge on any atom is -0.465 e. The van der Waals surface area contributed by atoms with E-state index in [2.05, 4.69) is 9.97 Å². The molecule has 2 rings (SSSR count). The Bertz CT molecular complexity index is 580. The first-order valence-electron chi connectivity index (χ1n) is 5.69. The van der Waals surface area contributed by atoms with E-state index >= 15 is 0 Å². The molecule has 0 amide bonds. The molecule has 0 radical (unpaired) electrons. The van der Waals surface area contributed by atoms with Gasteiger partial charge in [0.05, 0.1) is 12.5 Å². The molecule has 18 heavy (non-hydrogen) atoms. The summed E-state index contributed by atoms with van der Waals surface area (Å²) < 4.78 is 6.64. The largest absolute Gasteiger partial charge is 0.465 e. The summed E-state index contributed by atoms with van der Waals surface area (Å²) >= 11 is 5.85. The molecule has 0 N–H and O–H groups in total. The summed E-state index contributed by atoms with van der Waals surface area (Å²) in [4.78, 5) is 20.2. The number of fused-ring (bicyclic) bond motifs is 1. The number of carbonyl (C=O) groups is 1. The lowest BCUT2D eigenvalue weighted by Gasteiger charge is -2.06. The fourth-order valence-electron chi connectivity index (χ4n) is 1.79. The van der Waals surface area contributed by atoms with E-state index in [4.69, 9.17) is 16.3 Å². The van der Waals surface area contributed by atoms with Crippen molar-refractivity contribution in [1.29, 1.82) is 0 Å². The van der Waals surface area contributed by atoms with Gasteiger partial charge < -0.3 is 9.30 Å². The third-order valence-electron chi connectivity index (χ3n) is 2.63. The van der Waals surface area contributed by atoms with Crippen LogP contribution in [-0.4, -0.2) is 27.1 Å². The third-order valence-corrected chi connectivity index (χ3v) is 2.87. The Morgan fingerprint density at radius 1 is 1.56 bits per heavy atom. The molecule has 0 spiro atoms. The number of aryl methyl sites for hydroxylation is 1. The second-order valence-corrected chi connectivity index (χ2v) is 4.12. The van der Waals surface area contributed by atoms with Crippen molar-refractivity contribution >= 4 is 28.7 Å². The number of carbonyl (C=O) groups excluding carboxylic acids is 1. The van der Waals surface area contributed by atoms with Crippen LogP contribution in [-0.2, 0) is 22.0 Å². The molecular formula is C12H14ClN3O2. The molecule has 0 unspecified atom stereocenters. The Kier molecular flexibility index (Phi) is 3.81. The van der Waals surface area contributed by atoms with Gasteiger partial charge in [-0.25, -0.2) is 9.97 Å². The molecule has 2 aromatic rings. The van der Waals surface area contributed by atoms with Crippen LogP contribution in [0.3, 0.4) is 0 Å². The van der Waals surface area contributed by atoms with Crippen LogP contribution in [0.5, 0.6) is 0 Å². The molecule has 0 saturated carbocycles. The number of aromatic nitrogens is 3. The van der Waals surface area contributed by atoms with Gasteiger partial charge in [-0.15, -0.1) is 11.6 Å². The monoisotopic (exact) mass is 267 g/mol. The molecule has 2 aromatic heterocycles. The Balaban J connectivity index is 2.47. The average molecular weight is 268 g/mol. The van der Waals surface area contributed by atoms with E-state index in [1.807, 2.05) is 13.0 Å². The summed E-state index contributed by atoms with van der Waals surface area (Å²) in [6.45, 7) is 4.16. The molecule has 0 aromatic carbocycles. The first-order chi connectivity index (χ1) is 8.67. The van der Waals surface area contributed by atoms with Gasteiger partial charge in [0.25, 0.3) is 0 Å². The van der Waals surface area contributed by atoms with E-state index < -0.39 is 0 Å². The maximum Gasteiger partial charge on any atom is 0.326 e. The average Bonchev–Trinajstić information content (AvgIpc) is 2.69. The number of esters is 1. The van der Waals surface area contributed by atoms with Crippen molar-refractivity contribution < 1.29 is 9.53 Å². The lowest BCUT2D eigenvalue weighted by molar-refractivity contribution is -0.143. The molecule has 0 aliphatic rings. The first-order valence-corrected chi connectivity index (χ1v) is 6.23. The number of rotatable bonds is 4. The highest BCUT2D eigenvalue weighted by molar-refractivity contribution is 6.16. The molecule has 0 bridgehead atoms. The van der Waals surface area contributed by atoms with Gasteiger partial charge in [-0.2, -0.15) is 0 Å². The van der Waals surface area contributed by atoms with Crippen LogP contribution in [0.4, 0.5) is 0 Å². The van der Waals surface area contributed by atoms with Crippen molar-refractivity contribution in [1.82, 2.24) is 14.5 Å². The molecule has 6 heteroatoms. The number of hydrogen-bond donors (Lipinski definition) is 0. The van der Waals surface area contributed by atoms with Gasteiger partial charge >= 0.3 is 5.97 Å². The van der Waals surface area contributed by atoms with Gasteiger partial charge in [0.2, 0.25) is 0 Å². The lowest BCUT2D eigenvalue weighted by atomic mass is 10.3. The second-order valence-electron chi connectivity index (χ2n) is 3.85. The maximum absolute atomic E-state index is 11.6. The normalized spacial score (nSPS) is 10.8. The third kappa shape index (κ3) is 2.31. The molecular weight excluding hydrogens is 254 g/mol. The van der Waals surface area contributed by atoms with E-state index in [1.54, 1.807) is 17.7 Å². The topological polar surface area (TPSA) is 57.0 Å². The van der Waals surface area contributed by atoms with Crippen LogP contribution in [0.2, 0.25) is 0 Å². The molecule has 0 saturated heterocycles. The zero-order chi connectivity index (χ0) is 13.1. The summed E-state index contributed by atoms with van der Waals surface area (Å²) in [5, 5.41) is 0. The SMILES string of the molecule is CCOC(=O)Cn1c(CCl)nc2c(C)ccnc21. The summed E-state index contributed by atoms with van der Waals surface area (Å²) in [7, 11) is 0. The van der Waals surface area contributed by atoms with E-state index in [0.717, 1.165) is 11.1 Å². The Morgan fingerprint density at radius 2 is 2.33 bits per heavy atom. The zero-order valence-corrected chi connectivity index (χ0v) is 11.1. The molecule has 0 fully saturated rings. The summed E-state index contributed by atoms with van der Waals surface area (Å²) in [5.41, 5.74) is 2.45. The number of pyridine rings is 1. The fraction of sp³-hybridized carbons (Fsp3) is 0.417. The molecule has 96 valence electrons. The van der Waals surface area contributed by atoms with Crippen LogP contribution >= 0.6 is 11.6 Å². The van der Waals surface area contributed by atoms with Gasteiger partial charge in [-0.05, 0) is 25.5 Å². The Morgan fingerprint density at radius 3 is 3.00 bits per heavy atom. The van der Waals surface area contributed by atoms with E-state index in [0.29, 0.717) is 18.1 Å². The van der Waals surface area contributed by atoms with Crippen molar-refractivity contribution in [2.45, 2.75) is 26.3 Å². The zero-order valence-electron chi connectivity index (χ0n) is 10.3. The van der Waals surface area contributed by atoms with Crippen molar-refractivity contribution in [2.24, 2.45) is 0 Å². The summed E-state index contributed by atoms with van der Waals surface area (Å²) in [6, 6.07) is 1.88. The van der Waals surface area contributed by atoms with E-state index in [-0.39, 0.29) is 18.4 Å². The quantitative estimate of drug-likeness (QED) is 0.628. The highest BCUT2D eigenvalue weighted by Crippen LogP contribution is 2.18. The number of ether oxygens (including phenoxy) is 1. The number of imidazole rings is 1. The molecule has 0 aliphatic carbocycles. The predicted octanol–water partition coefficient (Wildman–Crippen LogP) is 2.04.